The van der Waals surface area contributed by atoms with Crippen LogP contribution in [0.4, 0.5) is 0 Å². The summed E-state index contributed by atoms with van der Waals surface area (Å²) in [6.45, 7) is 4.45. The van der Waals surface area contributed by atoms with Gasteiger partial charge in [0.25, 0.3) is 0 Å². The zero-order chi connectivity index (χ0) is 14.0. The number of rotatable bonds is 3. The van der Waals surface area contributed by atoms with Gasteiger partial charge in [0, 0.05) is 19.8 Å². The second kappa shape index (κ2) is 5.85. The zero-order valence-corrected chi connectivity index (χ0v) is 12.1. The summed E-state index contributed by atoms with van der Waals surface area (Å²) >= 11 is 0. The Morgan fingerprint density at radius 2 is 2.15 bits per heavy atom. The first-order chi connectivity index (χ1) is 9.74. The van der Waals surface area contributed by atoms with Gasteiger partial charge in [0.05, 0.1) is 17.9 Å². The van der Waals surface area contributed by atoms with Crippen LogP contribution < -0.4 is 11.3 Å². The lowest BCUT2D eigenvalue weighted by atomic mass is 9.77. The molecule has 20 heavy (non-hydrogen) atoms. The van der Waals surface area contributed by atoms with Crippen LogP contribution in [-0.4, -0.2) is 25.4 Å². The summed E-state index contributed by atoms with van der Waals surface area (Å²) in [5.41, 5.74) is 4.09. The Morgan fingerprint density at radius 3 is 2.80 bits per heavy atom. The monoisotopic (exact) mass is 280 g/mol. The van der Waals surface area contributed by atoms with Gasteiger partial charge in [-0.2, -0.15) is 0 Å². The molecule has 112 valence electrons. The normalized spacial score (nSPS) is 27.6. The molecule has 2 atom stereocenters. The fraction of sp³-hybridized carbons (Fsp3) is 0.733. The van der Waals surface area contributed by atoms with Gasteiger partial charge in [-0.25, -0.2) is 5.43 Å². The van der Waals surface area contributed by atoms with E-state index in [-0.39, 0.29) is 11.6 Å². The number of aryl methyl sites for hydroxylation is 1. The zero-order valence-electron chi connectivity index (χ0n) is 12.1. The summed E-state index contributed by atoms with van der Waals surface area (Å²) in [4.78, 5) is 0. The second-order valence-electron chi connectivity index (χ2n) is 6.01. The summed E-state index contributed by atoms with van der Waals surface area (Å²) in [6.07, 6.45) is 5.73. The predicted octanol–water partition coefficient (Wildman–Crippen LogP) is 2.07. The van der Waals surface area contributed by atoms with Gasteiger partial charge >= 0.3 is 0 Å². The SMILES string of the molecule is Cc1ccoc1C(NN)C1CCOC2(CCOCC2)C1. The molecule has 3 rings (SSSR count). The van der Waals surface area contributed by atoms with E-state index in [1.165, 1.54) is 0 Å². The molecule has 2 aliphatic rings. The van der Waals surface area contributed by atoms with Gasteiger partial charge in [-0.15, -0.1) is 0 Å². The third kappa shape index (κ3) is 2.63. The maximum Gasteiger partial charge on any atom is 0.125 e. The molecule has 2 fully saturated rings. The van der Waals surface area contributed by atoms with E-state index in [1.807, 2.05) is 6.07 Å². The lowest BCUT2D eigenvalue weighted by Gasteiger charge is -2.45. The summed E-state index contributed by atoms with van der Waals surface area (Å²) in [7, 11) is 0. The smallest absolute Gasteiger partial charge is 0.125 e. The molecule has 0 amide bonds. The van der Waals surface area contributed by atoms with E-state index in [0.29, 0.717) is 5.92 Å². The van der Waals surface area contributed by atoms with Crippen molar-refractivity contribution in [2.24, 2.45) is 11.8 Å². The molecular formula is C15H24N2O3. The van der Waals surface area contributed by atoms with Crippen molar-refractivity contribution in [3.05, 3.63) is 23.7 Å². The summed E-state index contributed by atoms with van der Waals surface area (Å²) in [5, 5.41) is 0. The molecular weight excluding hydrogens is 256 g/mol. The average Bonchev–Trinajstić information content (AvgIpc) is 2.87. The molecule has 2 aliphatic heterocycles. The lowest BCUT2D eigenvalue weighted by Crippen LogP contribution is -2.47. The maximum absolute atomic E-state index is 6.10. The summed E-state index contributed by atoms with van der Waals surface area (Å²) in [6, 6.07) is 2.05. The largest absolute Gasteiger partial charge is 0.467 e. The predicted molar refractivity (Wildman–Crippen MR) is 75.0 cm³/mol. The van der Waals surface area contributed by atoms with E-state index in [1.54, 1.807) is 6.26 Å². The fourth-order valence-corrected chi connectivity index (χ4v) is 3.57. The van der Waals surface area contributed by atoms with E-state index in [9.17, 15) is 0 Å². The third-order valence-corrected chi connectivity index (χ3v) is 4.77. The van der Waals surface area contributed by atoms with Crippen LogP contribution in [0.3, 0.4) is 0 Å². The number of ether oxygens (including phenoxy) is 2. The van der Waals surface area contributed by atoms with Crippen LogP contribution in [0.25, 0.3) is 0 Å². The Hall–Kier alpha value is -0.880. The highest BCUT2D eigenvalue weighted by Gasteiger charge is 2.42. The first-order valence-corrected chi connectivity index (χ1v) is 7.46. The molecule has 0 bridgehead atoms. The summed E-state index contributed by atoms with van der Waals surface area (Å²) < 4.78 is 17.2. The van der Waals surface area contributed by atoms with Gasteiger partial charge in [-0.05, 0) is 50.2 Å². The van der Waals surface area contributed by atoms with Gasteiger partial charge in [-0.3, -0.25) is 5.84 Å². The van der Waals surface area contributed by atoms with Crippen LogP contribution in [0, 0.1) is 12.8 Å². The molecule has 3 heterocycles. The van der Waals surface area contributed by atoms with Gasteiger partial charge in [-0.1, -0.05) is 0 Å². The maximum atomic E-state index is 6.10. The van der Waals surface area contributed by atoms with Crippen molar-refractivity contribution in [3.63, 3.8) is 0 Å². The van der Waals surface area contributed by atoms with E-state index in [0.717, 1.165) is 56.8 Å². The van der Waals surface area contributed by atoms with Gasteiger partial charge in [0.2, 0.25) is 0 Å². The van der Waals surface area contributed by atoms with Crippen molar-refractivity contribution in [2.45, 2.75) is 44.2 Å². The highest BCUT2D eigenvalue weighted by atomic mass is 16.5. The first-order valence-electron chi connectivity index (χ1n) is 7.46. The van der Waals surface area contributed by atoms with Crippen LogP contribution in [0.2, 0.25) is 0 Å². The molecule has 2 unspecified atom stereocenters. The van der Waals surface area contributed by atoms with Crippen LogP contribution in [0.5, 0.6) is 0 Å². The standard InChI is InChI=1S/C15H24N2O3/c1-11-2-6-19-14(11)13(17-16)12-3-7-20-15(10-12)4-8-18-9-5-15/h2,6,12-13,17H,3-5,7-10,16H2,1H3. The van der Waals surface area contributed by atoms with E-state index in [4.69, 9.17) is 19.7 Å². The van der Waals surface area contributed by atoms with Gasteiger partial charge in [0.1, 0.15) is 5.76 Å². The van der Waals surface area contributed by atoms with E-state index < -0.39 is 0 Å². The molecule has 0 radical (unpaired) electrons. The number of nitrogens with two attached hydrogens (primary N) is 1. The molecule has 1 aromatic heterocycles. The number of hydrogen-bond donors (Lipinski definition) is 2. The molecule has 0 aliphatic carbocycles. The quantitative estimate of drug-likeness (QED) is 0.655. The Morgan fingerprint density at radius 1 is 1.35 bits per heavy atom. The molecule has 5 nitrogen and oxygen atoms in total. The van der Waals surface area contributed by atoms with Gasteiger partial charge < -0.3 is 13.9 Å². The average molecular weight is 280 g/mol. The van der Waals surface area contributed by atoms with Crippen LogP contribution in [0.15, 0.2) is 16.7 Å². The minimum Gasteiger partial charge on any atom is -0.467 e. The lowest BCUT2D eigenvalue weighted by molar-refractivity contribution is -0.151. The highest BCUT2D eigenvalue weighted by Crippen LogP contribution is 2.42. The molecule has 5 heteroatoms. The van der Waals surface area contributed by atoms with Crippen LogP contribution in [-0.2, 0) is 9.47 Å². The van der Waals surface area contributed by atoms with Crippen LogP contribution in [0.1, 0.15) is 43.0 Å². The number of hydrazine groups is 1. The Bertz CT molecular complexity index is 435. The van der Waals surface area contributed by atoms with E-state index >= 15 is 0 Å². The molecule has 3 N–H and O–H groups in total. The summed E-state index contributed by atoms with van der Waals surface area (Å²) in [5.74, 6) is 7.21. The van der Waals surface area contributed by atoms with Crippen molar-refractivity contribution in [1.82, 2.24) is 5.43 Å². The molecule has 0 saturated carbocycles. The van der Waals surface area contributed by atoms with Crippen molar-refractivity contribution >= 4 is 0 Å². The number of nitrogens with one attached hydrogen (secondary N) is 1. The molecule has 0 aromatic carbocycles. The van der Waals surface area contributed by atoms with E-state index in [2.05, 4.69) is 12.3 Å². The fourth-order valence-electron chi connectivity index (χ4n) is 3.57. The van der Waals surface area contributed by atoms with Crippen molar-refractivity contribution in [2.75, 3.05) is 19.8 Å². The molecule has 1 aromatic rings. The highest BCUT2D eigenvalue weighted by molar-refractivity contribution is 5.19. The Balaban J connectivity index is 1.76. The van der Waals surface area contributed by atoms with Crippen molar-refractivity contribution in [1.29, 1.82) is 0 Å². The second-order valence-corrected chi connectivity index (χ2v) is 6.01. The minimum atomic E-state index is -0.0171. The topological polar surface area (TPSA) is 69.7 Å². The van der Waals surface area contributed by atoms with Crippen molar-refractivity contribution in [3.8, 4) is 0 Å². The Kier molecular flexibility index (Phi) is 4.12. The molecule has 1 spiro atoms. The van der Waals surface area contributed by atoms with Crippen LogP contribution >= 0.6 is 0 Å². The number of hydrogen-bond acceptors (Lipinski definition) is 5. The first kappa shape index (κ1) is 14.1. The Labute approximate surface area is 119 Å². The molecule has 2 saturated heterocycles. The van der Waals surface area contributed by atoms with Crippen molar-refractivity contribution < 1.29 is 13.9 Å². The number of furan rings is 1. The van der Waals surface area contributed by atoms with Gasteiger partial charge in [0.15, 0.2) is 0 Å². The minimum absolute atomic E-state index is 0.0171. The third-order valence-electron chi connectivity index (χ3n) is 4.77.